The zero-order chi connectivity index (χ0) is 25.0. The lowest BCUT2D eigenvalue weighted by Gasteiger charge is -2.14. The summed E-state index contributed by atoms with van der Waals surface area (Å²) in [4.78, 5) is 9.45. The van der Waals surface area contributed by atoms with Gasteiger partial charge in [-0.05, 0) is 0 Å². The van der Waals surface area contributed by atoms with Gasteiger partial charge in [0.15, 0.2) is 0 Å². The molecule has 4 aromatic rings. The average Bonchev–Trinajstić information content (AvgIpc) is 2.96. The van der Waals surface area contributed by atoms with E-state index < -0.39 is 0 Å². The van der Waals surface area contributed by atoms with Gasteiger partial charge in [0.05, 0.1) is 35.9 Å². The number of nitrogens with zero attached hydrogens (tertiary/aromatic N) is 4. The smallest absolute Gasteiger partial charge is 0.0901 e. The highest BCUT2D eigenvalue weighted by atomic mass is 16.4. The molecule has 0 amide bonds. The van der Waals surface area contributed by atoms with Crippen molar-refractivity contribution in [3.05, 3.63) is 154 Å². The molecular weight excluding hydrogens is 448 g/mol. The maximum atomic E-state index is 11.9. The van der Waals surface area contributed by atoms with E-state index in [9.17, 15) is 10.4 Å². The van der Waals surface area contributed by atoms with Crippen molar-refractivity contribution < 1.29 is 0 Å². The molecule has 0 atom stereocenters. The van der Waals surface area contributed by atoms with E-state index in [4.69, 9.17) is 9.98 Å². The first kappa shape index (κ1) is 24.3. The maximum Gasteiger partial charge on any atom is 0.0901 e. The van der Waals surface area contributed by atoms with Gasteiger partial charge < -0.3 is 20.7 Å². The predicted molar refractivity (Wildman–Crippen MR) is 148 cm³/mol. The minimum atomic E-state index is 0.264. The number of aliphatic imine (C=N–C) groups is 2. The third-order valence-corrected chi connectivity index (χ3v) is 5.46. The lowest BCUT2D eigenvalue weighted by Crippen LogP contribution is -2.19. The fraction of sp³-hybridized carbons (Fsp3) is 0.0667. The predicted octanol–water partition coefficient (Wildman–Crippen LogP) is 5.94. The summed E-state index contributed by atoms with van der Waals surface area (Å²) in [5.74, 6) is 0. The topological polar surface area (TPSA) is 95.6 Å². The quantitative estimate of drug-likeness (QED) is 0.171. The maximum absolute atomic E-state index is 11.9. The second-order valence-corrected chi connectivity index (χ2v) is 7.80. The fourth-order valence-electron chi connectivity index (χ4n) is 3.78. The van der Waals surface area contributed by atoms with Gasteiger partial charge in [0.2, 0.25) is 0 Å². The molecule has 0 heterocycles. The summed E-state index contributed by atoms with van der Waals surface area (Å²) in [6, 6.07) is 37.4. The van der Waals surface area contributed by atoms with Crippen LogP contribution in [0.4, 0.5) is 0 Å². The summed E-state index contributed by atoms with van der Waals surface area (Å²) in [7, 11) is 0. The van der Waals surface area contributed by atoms with Gasteiger partial charge in [-0.2, -0.15) is 0 Å². The molecule has 0 spiro atoms. The van der Waals surface area contributed by atoms with E-state index in [1.807, 2.05) is 121 Å². The van der Waals surface area contributed by atoms with Crippen LogP contribution in [-0.4, -0.2) is 35.9 Å². The molecule has 0 unspecified atom stereocenters. The van der Waals surface area contributed by atoms with Crippen molar-refractivity contribution in [2.45, 2.75) is 0 Å². The van der Waals surface area contributed by atoms with Gasteiger partial charge in [0.1, 0.15) is 0 Å². The van der Waals surface area contributed by atoms with Crippen LogP contribution in [0.1, 0.15) is 22.3 Å². The van der Waals surface area contributed by atoms with Crippen molar-refractivity contribution in [1.29, 1.82) is 0 Å². The number of benzene rings is 4. The Hall–Kier alpha value is -4.84. The van der Waals surface area contributed by atoms with Crippen LogP contribution in [0.3, 0.4) is 0 Å². The molecule has 0 aromatic heterocycles. The Labute approximate surface area is 210 Å². The summed E-state index contributed by atoms with van der Waals surface area (Å²) in [6.07, 6.45) is 0. The van der Waals surface area contributed by atoms with Gasteiger partial charge in [-0.1, -0.05) is 121 Å². The van der Waals surface area contributed by atoms with Gasteiger partial charge in [0.25, 0.3) is 0 Å². The molecule has 6 heteroatoms. The number of hydrogen-bond acceptors (Lipinski definition) is 6. The highest BCUT2D eigenvalue weighted by Crippen LogP contribution is 2.13. The van der Waals surface area contributed by atoms with E-state index in [0.29, 0.717) is 22.6 Å². The highest BCUT2D eigenvalue weighted by molar-refractivity contribution is 6.54. The van der Waals surface area contributed by atoms with Gasteiger partial charge in [0, 0.05) is 22.3 Å². The monoisotopic (exact) mass is 472 g/mol. The first-order valence-corrected chi connectivity index (χ1v) is 11.5. The molecule has 6 nitrogen and oxygen atoms in total. The van der Waals surface area contributed by atoms with Gasteiger partial charge in [-0.3, -0.25) is 9.98 Å². The van der Waals surface area contributed by atoms with Crippen LogP contribution in [-0.2, 0) is 0 Å². The molecule has 0 saturated carbocycles. The second-order valence-electron chi connectivity index (χ2n) is 7.80. The van der Waals surface area contributed by atoms with Gasteiger partial charge in [-0.25, -0.2) is 0 Å². The third kappa shape index (κ3) is 5.98. The molecular formula is C30H24N4O2-2. The van der Waals surface area contributed by atoms with Crippen LogP contribution >= 0.6 is 0 Å². The van der Waals surface area contributed by atoms with Crippen molar-refractivity contribution in [3.63, 3.8) is 0 Å². The second kappa shape index (κ2) is 12.6. The highest BCUT2D eigenvalue weighted by Gasteiger charge is 2.14. The van der Waals surface area contributed by atoms with E-state index in [2.05, 4.69) is 10.3 Å². The minimum absolute atomic E-state index is 0.264. The standard InChI is InChI=1S/C30H26N4O2/c35-33-29(25-17-9-3-10-18-25)27(23-13-5-1-6-14-23)31-21-22-32-28(24-15-7-2-8-16-24)30(34-36)26-19-11-4-12-20-26/h1-20,35-36H,21-22H2/p-2/b31-27?,32-28?,33-29+,34-30+. The normalized spacial score (nSPS) is 13.0. The molecule has 36 heavy (non-hydrogen) atoms. The minimum Gasteiger partial charge on any atom is -0.791 e. The van der Waals surface area contributed by atoms with Gasteiger partial charge in [-0.15, -0.1) is 0 Å². The number of hydrogen-bond donors (Lipinski definition) is 0. The Kier molecular flexibility index (Phi) is 8.48. The Morgan fingerprint density at radius 1 is 0.389 bits per heavy atom. The van der Waals surface area contributed by atoms with Crippen LogP contribution < -0.4 is 0 Å². The zero-order valence-corrected chi connectivity index (χ0v) is 19.6. The molecule has 4 rings (SSSR count). The SMILES string of the molecule is [O-]/N=C(/C(=NCCN=C(/C(=N/[O-])c1ccccc1)c1ccccc1)c1ccccc1)c1ccccc1. The van der Waals surface area contributed by atoms with E-state index >= 15 is 0 Å². The lowest BCUT2D eigenvalue weighted by atomic mass is 9.99. The van der Waals surface area contributed by atoms with Crippen LogP contribution in [0.25, 0.3) is 0 Å². The van der Waals surface area contributed by atoms with E-state index in [-0.39, 0.29) is 24.5 Å². The fourth-order valence-corrected chi connectivity index (χ4v) is 3.78. The Bertz CT molecular complexity index is 1260. The first-order chi connectivity index (χ1) is 17.8. The van der Waals surface area contributed by atoms with Crippen LogP contribution in [0.15, 0.2) is 142 Å². The average molecular weight is 473 g/mol. The molecule has 4 aromatic carbocycles. The van der Waals surface area contributed by atoms with Crippen LogP contribution in [0.2, 0.25) is 0 Å². The Morgan fingerprint density at radius 2 is 0.639 bits per heavy atom. The van der Waals surface area contributed by atoms with E-state index in [0.717, 1.165) is 11.1 Å². The van der Waals surface area contributed by atoms with Crippen molar-refractivity contribution in [1.82, 2.24) is 0 Å². The lowest BCUT2D eigenvalue weighted by molar-refractivity contribution is 0.979. The molecule has 0 aliphatic carbocycles. The molecule has 0 radical (unpaired) electrons. The summed E-state index contributed by atoms with van der Waals surface area (Å²) in [5.41, 5.74) is 4.47. The summed E-state index contributed by atoms with van der Waals surface area (Å²) in [6.45, 7) is 0.570. The van der Waals surface area contributed by atoms with Crippen molar-refractivity contribution in [2.24, 2.45) is 20.3 Å². The van der Waals surface area contributed by atoms with Gasteiger partial charge >= 0.3 is 0 Å². The van der Waals surface area contributed by atoms with E-state index in [1.54, 1.807) is 0 Å². The largest absolute Gasteiger partial charge is 0.791 e. The molecule has 0 fully saturated rings. The molecule has 178 valence electrons. The summed E-state index contributed by atoms with van der Waals surface area (Å²) >= 11 is 0. The first-order valence-electron chi connectivity index (χ1n) is 11.5. The van der Waals surface area contributed by atoms with Crippen molar-refractivity contribution in [3.8, 4) is 0 Å². The molecule has 0 N–H and O–H groups in total. The molecule has 0 bridgehead atoms. The van der Waals surface area contributed by atoms with Crippen LogP contribution in [0.5, 0.6) is 0 Å². The molecule has 0 aliphatic rings. The summed E-state index contributed by atoms with van der Waals surface area (Å²) in [5, 5.41) is 30.4. The molecule has 0 saturated heterocycles. The van der Waals surface area contributed by atoms with Crippen molar-refractivity contribution in [2.75, 3.05) is 13.1 Å². The third-order valence-electron chi connectivity index (χ3n) is 5.46. The molecule has 0 aliphatic heterocycles. The van der Waals surface area contributed by atoms with Crippen LogP contribution in [0, 0.1) is 10.4 Å². The Balaban J connectivity index is 1.67. The van der Waals surface area contributed by atoms with E-state index in [1.165, 1.54) is 0 Å². The van der Waals surface area contributed by atoms with Crippen molar-refractivity contribution >= 4 is 22.8 Å². The Morgan fingerprint density at radius 3 is 0.889 bits per heavy atom. The number of rotatable bonds is 9. The zero-order valence-electron chi connectivity index (χ0n) is 19.6. The summed E-state index contributed by atoms with van der Waals surface area (Å²) < 4.78 is 0.